The highest BCUT2D eigenvalue weighted by Gasteiger charge is 2.44. The van der Waals surface area contributed by atoms with Crippen LogP contribution in [0, 0.1) is 0 Å². The molecule has 0 saturated carbocycles. The highest BCUT2D eigenvalue weighted by Crippen LogP contribution is 2.30. The van der Waals surface area contributed by atoms with Gasteiger partial charge in [-0.3, -0.25) is 0 Å². The van der Waals surface area contributed by atoms with Gasteiger partial charge in [0.2, 0.25) is 0 Å². The third-order valence-electron chi connectivity index (χ3n) is 2.20. The lowest BCUT2D eigenvalue weighted by Crippen LogP contribution is -2.39. The van der Waals surface area contributed by atoms with Gasteiger partial charge in [0, 0.05) is 6.54 Å². The largest absolute Gasteiger partial charge is 0.453 e. The van der Waals surface area contributed by atoms with Crippen molar-refractivity contribution in [2.75, 3.05) is 20.2 Å². The minimum atomic E-state index is -0.237. The van der Waals surface area contributed by atoms with Gasteiger partial charge < -0.3 is 14.4 Å². The molecule has 4 nitrogen and oxygen atoms in total. The molecule has 0 radical (unpaired) electrons. The van der Waals surface area contributed by atoms with Crippen LogP contribution in [0.25, 0.3) is 0 Å². The predicted octanol–water partition coefficient (Wildman–Crippen LogP) is 0.226. The lowest BCUT2D eigenvalue weighted by Gasteiger charge is -2.22. The molecule has 0 aromatic carbocycles. The van der Waals surface area contributed by atoms with Crippen LogP contribution in [0.4, 0.5) is 4.79 Å². The number of hydrogen-bond acceptors (Lipinski definition) is 3. The van der Waals surface area contributed by atoms with Gasteiger partial charge in [0.1, 0.15) is 6.10 Å². The summed E-state index contributed by atoms with van der Waals surface area (Å²) in [6.07, 6.45) is 1.44. The molecule has 0 aliphatic carbocycles. The van der Waals surface area contributed by atoms with Gasteiger partial charge >= 0.3 is 6.09 Å². The first-order valence-electron chi connectivity index (χ1n) is 3.79. The van der Waals surface area contributed by atoms with E-state index in [1.54, 1.807) is 4.90 Å². The Hall–Kier alpha value is -0.770. The second-order valence-corrected chi connectivity index (χ2v) is 2.92. The van der Waals surface area contributed by atoms with E-state index in [1.807, 2.05) is 0 Å². The van der Waals surface area contributed by atoms with E-state index in [0.717, 1.165) is 13.0 Å². The summed E-state index contributed by atoms with van der Waals surface area (Å²) in [5.74, 6) is 0. The van der Waals surface area contributed by atoms with Crippen LogP contribution in [0.15, 0.2) is 0 Å². The Kier molecular flexibility index (Phi) is 1.49. The molecule has 0 bridgehead atoms. The Morgan fingerprint density at radius 2 is 2.45 bits per heavy atom. The zero-order valence-electron chi connectivity index (χ0n) is 6.45. The molecule has 2 rings (SSSR count). The number of likely N-dealkylation sites (tertiary alicyclic amines) is 1. The summed E-state index contributed by atoms with van der Waals surface area (Å²) >= 11 is 0. The van der Waals surface area contributed by atoms with Crippen LogP contribution in [0.1, 0.15) is 6.42 Å². The molecule has 2 heterocycles. The number of rotatable bonds is 0. The molecule has 0 aromatic heterocycles. The molecule has 2 aliphatic heterocycles. The Bertz CT molecular complexity index is 183. The van der Waals surface area contributed by atoms with Gasteiger partial charge in [-0.05, 0) is 6.42 Å². The van der Waals surface area contributed by atoms with Crippen molar-refractivity contribution in [2.24, 2.45) is 0 Å². The Balaban J connectivity index is 1.89. The molecule has 0 aromatic rings. The Labute approximate surface area is 65.1 Å². The highest BCUT2D eigenvalue weighted by molar-refractivity contribution is 5.67. The van der Waals surface area contributed by atoms with E-state index in [4.69, 9.17) is 4.74 Å². The van der Waals surface area contributed by atoms with Crippen molar-refractivity contribution >= 4 is 6.09 Å². The van der Waals surface area contributed by atoms with Crippen LogP contribution in [-0.2, 0) is 9.47 Å². The van der Waals surface area contributed by atoms with E-state index >= 15 is 0 Å². The second-order valence-electron chi connectivity index (χ2n) is 2.92. The smallest absolute Gasteiger partial charge is 0.409 e. The molecule has 2 saturated heterocycles. The van der Waals surface area contributed by atoms with Crippen LogP contribution in [0.2, 0.25) is 0 Å². The van der Waals surface area contributed by atoms with Gasteiger partial charge in [-0.2, -0.15) is 0 Å². The molecule has 0 N–H and O–H groups in total. The number of nitrogens with zero attached hydrogens (tertiary/aromatic N) is 1. The Morgan fingerprint density at radius 3 is 3.09 bits per heavy atom. The third-order valence-corrected chi connectivity index (χ3v) is 2.20. The standard InChI is InChI=1S/C7H11NO3/c1-10-7(9)8-3-2-5-6(4-8)11-5/h5-6H,2-4H2,1H3/t5-,6+/m0/s1. The maximum absolute atomic E-state index is 11.0. The maximum Gasteiger partial charge on any atom is 0.409 e. The normalized spacial score (nSPS) is 34.5. The molecule has 0 spiro atoms. The molecule has 2 aliphatic rings. The van der Waals surface area contributed by atoms with Crippen LogP contribution in [0.3, 0.4) is 0 Å². The number of carbonyl (C=O) groups is 1. The SMILES string of the molecule is COC(=O)N1CC[C@@H]2O[C@@H]2C1. The number of amides is 1. The van der Waals surface area contributed by atoms with Crippen molar-refractivity contribution in [1.82, 2.24) is 4.90 Å². The van der Waals surface area contributed by atoms with Gasteiger partial charge in [0.15, 0.2) is 0 Å². The van der Waals surface area contributed by atoms with Crippen molar-refractivity contribution in [2.45, 2.75) is 18.6 Å². The van der Waals surface area contributed by atoms with Crippen molar-refractivity contribution < 1.29 is 14.3 Å². The fraction of sp³-hybridized carbons (Fsp3) is 0.857. The monoisotopic (exact) mass is 157 g/mol. The number of piperidine rings is 1. The number of methoxy groups -OCH3 is 1. The van der Waals surface area contributed by atoms with E-state index in [-0.39, 0.29) is 6.09 Å². The van der Waals surface area contributed by atoms with Crippen LogP contribution < -0.4 is 0 Å². The van der Waals surface area contributed by atoms with Crippen LogP contribution in [0.5, 0.6) is 0 Å². The molecule has 1 amide bonds. The molecule has 11 heavy (non-hydrogen) atoms. The first-order valence-corrected chi connectivity index (χ1v) is 3.79. The zero-order valence-corrected chi connectivity index (χ0v) is 6.45. The number of epoxide rings is 1. The molecular weight excluding hydrogens is 146 g/mol. The average molecular weight is 157 g/mol. The first kappa shape index (κ1) is 6.91. The van der Waals surface area contributed by atoms with Crippen LogP contribution in [-0.4, -0.2) is 43.4 Å². The molecule has 2 fully saturated rings. The minimum Gasteiger partial charge on any atom is -0.453 e. The summed E-state index contributed by atoms with van der Waals surface area (Å²) in [7, 11) is 1.40. The molecular formula is C7H11NO3. The number of fused-ring (bicyclic) bond motifs is 1. The highest BCUT2D eigenvalue weighted by atomic mass is 16.6. The van der Waals surface area contributed by atoms with Crippen LogP contribution >= 0.6 is 0 Å². The van der Waals surface area contributed by atoms with Gasteiger partial charge in [0.05, 0.1) is 19.8 Å². The minimum absolute atomic E-state index is 0.237. The number of ether oxygens (including phenoxy) is 2. The summed E-state index contributed by atoms with van der Waals surface area (Å²) in [4.78, 5) is 12.7. The van der Waals surface area contributed by atoms with Crippen molar-refractivity contribution in [3.8, 4) is 0 Å². The average Bonchev–Trinajstić information content (AvgIpc) is 2.80. The number of hydrogen-bond donors (Lipinski definition) is 0. The van der Waals surface area contributed by atoms with Crippen molar-refractivity contribution in [3.63, 3.8) is 0 Å². The van der Waals surface area contributed by atoms with E-state index in [0.29, 0.717) is 18.8 Å². The predicted molar refractivity (Wildman–Crippen MR) is 37.3 cm³/mol. The molecule has 62 valence electrons. The van der Waals surface area contributed by atoms with Crippen molar-refractivity contribution in [3.05, 3.63) is 0 Å². The van der Waals surface area contributed by atoms with E-state index in [2.05, 4.69) is 4.74 Å². The third kappa shape index (κ3) is 1.18. The fourth-order valence-corrected chi connectivity index (χ4v) is 1.48. The first-order chi connectivity index (χ1) is 5.31. The zero-order chi connectivity index (χ0) is 7.84. The lowest BCUT2D eigenvalue weighted by molar-refractivity contribution is 0.118. The second kappa shape index (κ2) is 2.37. The summed E-state index contributed by atoms with van der Waals surface area (Å²) in [5, 5.41) is 0. The lowest BCUT2D eigenvalue weighted by atomic mass is 10.1. The van der Waals surface area contributed by atoms with Crippen molar-refractivity contribution in [1.29, 1.82) is 0 Å². The van der Waals surface area contributed by atoms with E-state index < -0.39 is 0 Å². The molecule has 0 unspecified atom stereocenters. The van der Waals surface area contributed by atoms with Gasteiger partial charge in [-0.25, -0.2) is 4.79 Å². The maximum atomic E-state index is 11.0. The molecule has 2 atom stereocenters. The molecule has 4 heteroatoms. The fourth-order valence-electron chi connectivity index (χ4n) is 1.48. The van der Waals surface area contributed by atoms with Gasteiger partial charge in [0.25, 0.3) is 0 Å². The number of carbonyl (C=O) groups excluding carboxylic acids is 1. The van der Waals surface area contributed by atoms with Gasteiger partial charge in [-0.1, -0.05) is 0 Å². The summed E-state index contributed by atoms with van der Waals surface area (Å²) in [5.41, 5.74) is 0. The summed E-state index contributed by atoms with van der Waals surface area (Å²) in [6.45, 7) is 1.48. The van der Waals surface area contributed by atoms with E-state index in [9.17, 15) is 4.79 Å². The Morgan fingerprint density at radius 1 is 1.64 bits per heavy atom. The quantitative estimate of drug-likeness (QED) is 0.472. The summed E-state index contributed by atoms with van der Waals surface area (Å²) < 4.78 is 9.84. The van der Waals surface area contributed by atoms with Gasteiger partial charge in [-0.15, -0.1) is 0 Å². The van der Waals surface area contributed by atoms with E-state index in [1.165, 1.54) is 7.11 Å². The topological polar surface area (TPSA) is 42.1 Å². The summed E-state index contributed by atoms with van der Waals surface area (Å²) in [6, 6.07) is 0.